The van der Waals surface area contributed by atoms with E-state index in [0.29, 0.717) is 11.4 Å². The highest BCUT2D eigenvalue weighted by Gasteiger charge is 2.25. The van der Waals surface area contributed by atoms with Gasteiger partial charge in [0, 0.05) is 22.5 Å². The number of aromatic hydroxyl groups is 1. The summed E-state index contributed by atoms with van der Waals surface area (Å²) in [4.78, 5) is 5.11. The minimum absolute atomic E-state index is 0.0450. The summed E-state index contributed by atoms with van der Waals surface area (Å²) in [5, 5.41) is 35.4. The van der Waals surface area contributed by atoms with E-state index in [0.717, 1.165) is 60.4 Å². The molecule has 0 radical (unpaired) electrons. The van der Waals surface area contributed by atoms with Crippen LogP contribution in [0.1, 0.15) is 24.5 Å². The van der Waals surface area contributed by atoms with Crippen molar-refractivity contribution >= 4 is 39.6 Å². The van der Waals surface area contributed by atoms with E-state index in [4.69, 9.17) is 14.5 Å². The average Bonchev–Trinajstić information content (AvgIpc) is 3.53. The predicted molar refractivity (Wildman–Crippen MR) is 185 cm³/mol. The number of aromatic nitrogens is 2. The first-order valence-corrected chi connectivity index (χ1v) is 15.7. The molecule has 0 saturated carbocycles. The summed E-state index contributed by atoms with van der Waals surface area (Å²) in [6, 6.07) is 35.1. The van der Waals surface area contributed by atoms with Gasteiger partial charge in [0.15, 0.2) is 6.23 Å². The van der Waals surface area contributed by atoms with Gasteiger partial charge in [0.1, 0.15) is 22.8 Å². The summed E-state index contributed by atoms with van der Waals surface area (Å²) in [5.74, 6) is 0.642. The zero-order valence-corrected chi connectivity index (χ0v) is 25.9. The molecule has 8 nitrogen and oxygen atoms in total. The van der Waals surface area contributed by atoms with Crippen LogP contribution in [-0.4, -0.2) is 25.8 Å². The molecule has 5 aromatic rings. The van der Waals surface area contributed by atoms with Gasteiger partial charge in [-0.15, -0.1) is 0 Å². The van der Waals surface area contributed by atoms with E-state index in [2.05, 4.69) is 46.5 Å². The van der Waals surface area contributed by atoms with Crippen LogP contribution in [0.3, 0.4) is 0 Å². The molecule has 3 unspecified atom stereocenters. The van der Waals surface area contributed by atoms with Crippen molar-refractivity contribution in [2.24, 2.45) is 11.0 Å². The first kappa shape index (κ1) is 28.8. The van der Waals surface area contributed by atoms with Gasteiger partial charge in [-0.1, -0.05) is 79.7 Å². The van der Waals surface area contributed by atoms with Crippen molar-refractivity contribution < 1.29 is 14.6 Å². The Kier molecular flexibility index (Phi) is 7.09. The van der Waals surface area contributed by atoms with Crippen molar-refractivity contribution in [2.45, 2.75) is 26.1 Å². The molecule has 3 atom stereocenters. The Morgan fingerprint density at radius 1 is 0.872 bits per heavy atom. The summed E-state index contributed by atoms with van der Waals surface area (Å²) in [6.45, 7) is 4.12. The van der Waals surface area contributed by atoms with Gasteiger partial charge in [0.25, 0.3) is 0 Å². The first-order chi connectivity index (χ1) is 22.9. The van der Waals surface area contributed by atoms with Crippen LogP contribution < -0.4 is 26.8 Å². The first-order valence-electron chi connectivity index (χ1n) is 15.7. The van der Waals surface area contributed by atoms with E-state index in [-0.39, 0.29) is 17.7 Å². The predicted octanol–water partition coefficient (Wildman–Crippen LogP) is 5.68. The lowest BCUT2D eigenvalue weighted by molar-refractivity contribution is 0.105. The monoisotopic (exact) mass is 619 g/mol. The van der Waals surface area contributed by atoms with Crippen molar-refractivity contribution in [2.75, 3.05) is 5.43 Å². The lowest BCUT2D eigenvalue weighted by Gasteiger charge is -2.27. The fraction of sp³-hybridized carbons (Fsp3) is 0.128. The molecule has 2 aliphatic carbocycles. The molecule has 0 spiro atoms. The largest absolute Gasteiger partial charge is 0.506 e. The Morgan fingerprint density at radius 2 is 1.64 bits per heavy atom. The van der Waals surface area contributed by atoms with Crippen LogP contribution >= 0.6 is 0 Å². The van der Waals surface area contributed by atoms with Crippen molar-refractivity contribution in [1.29, 1.82) is 0 Å². The summed E-state index contributed by atoms with van der Waals surface area (Å²) in [6.07, 6.45) is 3.29. The van der Waals surface area contributed by atoms with Crippen LogP contribution in [0.4, 0.5) is 5.69 Å². The normalized spacial score (nSPS) is 17.0. The van der Waals surface area contributed by atoms with Gasteiger partial charge in [-0.05, 0) is 72.3 Å². The molecule has 47 heavy (non-hydrogen) atoms. The highest BCUT2D eigenvalue weighted by Crippen LogP contribution is 2.32. The fourth-order valence-corrected chi connectivity index (χ4v) is 6.40. The van der Waals surface area contributed by atoms with Gasteiger partial charge < -0.3 is 19.2 Å². The summed E-state index contributed by atoms with van der Waals surface area (Å²) < 4.78 is 8.14. The lowest BCUT2D eigenvalue weighted by Crippen LogP contribution is -2.48. The van der Waals surface area contributed by atoms with E-state index >= 15 is 0 Å². The quantitative estimate of drug-likeness (QED) is 0.108. The van der Waals surface area contributed by atoms with Gasteiger partial charge in [-0.25, -0.2) is 4.98 Å². The molecule has 0 fully saturated rings. The number of hydrogen-bond acceptors (Lipinski definition) is 7. The number of aliphatic hydroxyl groups is 1. The number of fused-ring (bicyclic) bond motifs is 4. The molecule has 8 heteroatoms. The van der Waals surface area contributed by atoms with Crippen LogP contribution in [0.25, 0.3) is 51.0 Å². The summed E-state index contributed by atoms with van der Waals surface area (Å²) >= 11 is 0. The Morgan fingerprint density at radius 3 is 2.47 bits per heavy atom. The molecule has 1 aromatic heterocycles. The molecule has 232 valence electrons. The molecule has 0 bridgehead atoms. The third-order valence-electron chi connectivity index (χ3n) is 8.88. The highest BCUT2D eigenvalue weighted by molar-refractivity contribution is 5.96. The molecule has 4 aromatic carbocycles. The van der Waals surface area contributed by atoms with E-state index in [1.165, 1.54) is 0 Å². The topological polar surface area (TPSA) is 108 Å². The summed E-state index contributed by atoms with van der Waals surface area (Å²) in [7, 11) is 0. The van der Waals surface area contributed by atoms with Crippen LogP contribution in [0.5, 0.6) is 5.75 Å². The number of rotatable bonds is 6. The van der Waals surface area contributed by atoms with Crippen molar-refractivity contribution in [3.05, 3.63) is 137 Å². The van der Waals surface area contributed by atoms with E-state index in [1.54, 1.807) is 6.07 Å². The van der Waals surface area contributed by atoms with Gasteiger partial charge in [0.05, 0.1) is 27.4 Å². The van der Waals surface area contributed by atoms with E-state index in [9.17, 15) is 10.2 Å². The lowest BCUT2D eigenvalue weighted by atomic mass is 9.96. The van der Waals surface area contributed by atoms with Crippen LogP contribution in [0.2, 0.25) is 0 Å². The van der Waals surface area contributed by atoms with Crippen LogP contribution in [0, 0.1) is 12.8 Å². The zero-order valence-electron chi connectivity index (χ0n) is 25.9. The number of anilines is 1. The van der Waals surface area contributed by atoms with Crippen LogP contribution in [0.15, 0.2) is 119 Å². The second kappa shape index (κ2) is 11.6. The van der Waals surface area contributed by atoms with Gasteiger partial charge in [0.2, 0.25) is 0 Å². The Hall–Kier alpha value is -5.70. The molecular weight excluding hydrogens is 586 g/mol. The molecule has 8 rings (SSSR count). The average molecular weight is 620 g/mol. The molecule has 3 aliphatic rings. The standard InChI is InChI=1S/C39H33N5O3/c1-23-18-31-33(21-29(23)41-39(46)37-20-26-11-7-9-15-36(26)47-37)44(27-12-4-3-5-13-27)34-22-30(24(2)19-32(34)40-31)42-43-38-28-14-8-6-10-25(28)16-17-35(38)45/h3-23,29,39,41,43,45-46H,1-2H3/b42-30-. The Balaban J connectivity index is 1.26. The number of phenolic OH excluding ortho intramolecular Hbond substituents is 1. The van der Waals surface area contributed by atoms with E-state index < -0.39 is 6.23 Å². The smallest absolute Gasteiger partial charge is 0.164 e. The van der Waals surface area contributed by atoms with Gasteiger partial charge in [-0.3, -0.25) is 10.7 Å². The maximum absolute atomic E-state index is 11.2. The van der Waals surface area contributed by atoms with Gasteiger partial charge in [-0.2, -0.15) is 5.10 Å². The molecule has 1 aliphatic heterocycles. The minimum atomic E-state index is -0.996. The number of benzene rings is 5. The second-order valence-electron chi connectivity index (χ2n) is 12.1. The number of phenols is 1. The van der Waals surface area contributed by atoms with Crippen LogP contribution in [-0.2, 0) is 0 Å². The van der Waals surface area contributed by atoms with Crippen molar-refractivity contribution in [3.63, 3.8) is 0 Å². The third-order valence-corrected chi connectivity index (χ3v) is 8.88. The van der Waals surface area contributed by atoms with Crippen molar-refractivity contribution in [1.82, 2.24) is 14.9 Å². The fourth-order valence-electron chi connectivity index (χ4n) is 6.40. The number of nitrogens with zero attached hydrogens (tertiary/aromatic N) is 3. The number of para-hydroxylation sites is 2. The molecule has 0 amide bonds. The highest BCUT2D eigenvalue weighted by atomic mass is 16.4. The van der Waals surface area contributed by atoms with Gasteiger partial charge >= 0.3 is 0 Å². The summed E-state index contributed by atoms with van der Waals surface area (Å²) in [5.41, 5.74) is 8.06. The molecule has 4 N–H and O–H groups in total. The SMILES string of the molecule is Cc1cc2nc3c(n(-c4ccccc4)c-2c/c1=N/Nc1c(O)ccc2ccccc12)=CC(NC(O)c1cc2ccccc2o1)C(C)C=3. The molecular formula is C39H33N5O3. The van der Waals surface area contributed by atoms with E-state index in [1.807, 2.05) is 97.9 Å². The second-order valence-corrected chi connectivity index (χ2v) is 12.1. The number of furan rings is 1. The number of aliphatic hydroxyl groups excluding tert-OH is 1. The third kappa shape index (κ3) is 5.23. The minimum Gasteiger partial charge on any atom is -0.506 e. The maximum Gasteiger partial charge on any atom is 0.164 e. The maximum atomic E-state index is 11.2. The molecule has 2 heterocycles. The Labute approximate surface area is 270 Å². The number of hydrogen-bond donors (Lipinski definition) is 4. The number of aryl methyl sites for hydroxylation is 1. The van der Waals surface area contributed by atoms with Crippen molar-refractivity contribution in [3.8, 4) is 22.8 Å². The number of nitrogens with one attached hydrogen (secondary N) is 2. The Bertz CT molecular complexity index is 2410. The zero-order chi connectivity index (χ0) is 32.1. The molecule has 0 saturated heterocycles.